The van der Waals surface area contributed by atoms with Gasteiger partial charge in [0.2, 0.25) is 5.91 Å². The molecule has 1 aromatic carbocycles. The Bertz CT molecular complexity index is 1010. The zero-order valence-electron chi connectivity index (χ0n) is 21.2. The number of allylic oxidation sites excluding steroid dienone is 1. The van der Waals surface area contributed by atoms with Crippen LogP contribution in [0, 0.1) is 25.2 Å². The highest BCUT2D eigenvalue weighted by atomic mass is 19.1. The number of aryl methyl sites for hydroxylation is 1. The summed E-state index contributed by atoms with van der Waals surface area (Å²) in [6.07, 6.45) is 1.79. The molecule has 35 heavy (non-hydrogen) atoms. The maximum Gasteiger partial charge on any atom is 0.272 e. The Balaban J connectivity index is 1.30. The van der Waals surface area contributed by atoms with Crippen molar-refractivity contribution in [1.29, 1.82) is 5.41 Å². The van der Waals surface area contributed by atoms with E-state index < -0.39 is 12.1 Å². The Morgan fingerprint density at radius 1 is 1.09 bits per heavy atom. The van der Waals surface area contributed by atoms with E-state index in [-0.39, 0.29) is 30.6 Å². The summed E-state index contributed by atoms with van der Waals surface area (Å²) in [7, 11) is 0. The van der Waals surface area contributed by atoms with Crippen molar-refractivity contribution < 1.29 is 14.0 Å². The van der Waals surface area contributed by atoms with Crippen LogP contribution >= 0.6 is 0 Å². The number of carbonyl (C=O) groups is 2. The third-order valence-electron chi connectivity index (χ3n) is 7.89. The van der Waals surface area contributed by atoms with Crippen LogP contribution in [0.1, 0.15) is 43.7 Å². The number of nitrogens with zero attached hydrogens (tertiary/aromatic N) is 3. The molecular weight excluding hydrogens is 445 g/mol. The molecule has 190 valence electrons. The molecule has 1 aliphatic carbocycles. The second-order valence-corrected chi connectivity index (χ2v) is 10.2. The molecular formula is C27H38FN5O2. The van der Waals surface area contributed by atoms with Gasteiger partial charge in [-0.2, -0.15) is 0 Å². The number of carbonyl (C=O) groups excluding carboxylic acids is 2. The molecule has 0 spiro atoms. The molecule has 2 amide bonds. The molecule has 0 bridgehead atoms. The van der Waals surface area contributed by atoms with Gasteiger partial charge in [0.05, 0.1) is 13.1 Å². The smallest absolute Gasteiger partial charge is 0.272 e. The van der Waals surface area contributed by atoms with Gasteiger partial charge < -0.3 is 20.0 Å². The number of rotatable bonds is 6. The van der Waals surface area contributed by atoms with E-state index in [0.29, 0.717) is 38.0 Å². The van der Waals surface area contributed by atoms with Gasteiger partial charge in [0, 0.05) is 49.7 Å². The summed E-state index contributed by atoms with van der Waals surface area (Å²) < 4.78 is 14.1. The van der Waals surface area contributed by atoms with Gasteiger partial charge in [-0.25, -0.2) is 4.39 Å². The van der Waals surface area contributed by atoms with E-state index in [9.17, 15) is 14.0 Å². The van der Waals surface area contributed by atoms with Gasteiger partial charge in [-0.1, -0.05) is 19.1 Å². The largest absolute Gasteiger partial charge is 0.379 e. The summed E-state index contributed by atoms with van der Waals surface area (Å²) in [6, 6.07) is 6.34. The molecule has 2 aliphatic heterocycles. The predicted molar refractivity (Wildman–Crippen MR) is 137 cm³/mol. The van der Waals surface area contributed by atoms with E-state index in [1.807, 2.05) is 11.8 Å². The fourth-order valence-electron chi connectivity index (χ4n) is 5.28. The maximum atomic E-state index is 14.1. The first kappa shape index (κ1) is 25.2. The van der Waals surface area contributed by atoms with Crippen LogP contribution in [-0.4, -0.2) is 79.3 Å². The number of likely N-dealkylation sites (tertiary alicyclic amines) is 1. The van der Waals surface area contributed by atoms with Crippen molar-refractivity contribution in [2.24, 2.45) is 5.92 Å². The van der Waals surface area contributed by atoms with Gasteiger partial charge in [-0.3, -0.25) is 15.0 Å². The highest BCUT2D eigenvalue weighted by molar-refractivity contribution is 6.44. The molecule has 0 aromatic heterocycles. The summed E-state index contributed by atoms with van der Waals surface area (Å²) in [5.74, 6) is -0.415. The standard InChI is InChI=1S/C27H38FN5O2/c1-18-6-4-9-24(20(18)3)31-12-14-32(15-13-31)25(34)16-30-23-8-5-7-21(23)26(29)27(35)33-11-10-19(2)22(28)17-33/h4,6,9,19,22,29-30H,5,7-8,10-17H2,1-3H3/t19-,22-/m1/s1. The molecule has 3 aliphatic rings. The first-order valence-electron chi connectivity index (χ1n) is 12.8. The molecule has 2 N–H and O–H groups in total. The molecule has 0 saturated carbocycles. The Morgan fingerprint density at radius 3 is 2.54 bits per heavy atom. The molecule has 8 heteroatoms. The average Bonchev–Trinajstić information content (AvgIpc) is 3.34. The Labute approximate surface area is 207 Å². The number of nitrogens with one attached hydrogen (secondary N) is 2. The van der Waals surface area contributed by atoms with E-state index in [4.69, 9.17) is 5.41 Å². The van der Waals surface area contributed by atoms with Gasteiger partial charge in [0.1, 0.15) is 11.9 Å². The third kappa shape index (κ3) is 5.52. The second-order valence-electron chi connectivity index (χ2n) is 10.2. The van der Waals surface area contributed by atoms with Crippen LogP contribution in [0.15, 0.2) is 29.5 Å². The van der Waals surface area contributed by atoms with Crippen molar-refractivity contribution in [2.75, 3.05) is 50.7 Å². The molecule has 0 radical (unpaired) electrons. The van der Waals surface area contributed by atoms with Crippen LogP contribution < -0.4 is 10.2 Å². The normalized spacial score (nSPS) is 23.0. The first-order valence-corrected chi connectivity index (χ1v) is 12.8. The topological polar surface area (TPSA) is 79.7 Å². The maximum absolute atomic E-state index is 14.1. The van der Waals surface area contributed by atoms with Crippen LogP contribution in [0.5, 0.6) is 0 Å². The number of amides is 2. The molecule has 2 heterocycles. The molecule has 4 rings (SSSR count). The molecule has 2 saturated heterocycles. The minimum absolute atomic E-state index is 0.0347. The zero-order valence-corrected chi connectivity index (χ0v) is 21.2. The van der Waals surface area contributed by atoms with Crippen molar-refractivity contribution in [3.63, 3.8) is 0 Å². The van der Waals surface area contributed by atoms with Gasteiger partial charge in [0.25, 0.3) is 5.91 Å². The minimum atomic E-state index is -1.04. The van der Waals surface area contributed by atoms with Crippen LogP contribution in [0.4, 0.5) is 10.1 Å². The van der Waals surface area contributed by atoms with Gasteiger partial charge in [0.15, 0.2) is 0 Å². The van der Waals surface area contributed by atoms with Crippen molar-refractivity contribution >= 4 is 23.2 Å². The number of hydrogen-bond acceptors (Lipinski definition) is 5. The Kier molecular flexibility index (Phi) is 7.77. The lowest BCUT2D eigenvalue weighted by molar-refractivity contribution is -0.130. The number of benzene rings is 1. The summed E-state index contributed by atoms with van der Waals surface area (Å²) in [5, 5.41) is 11.7. The quantitative estimate of drug-likeness (QED) is 0.609. The molecule has 7 nitrogen and oxygen atoms in total. The molecule has 1 aromatic rings. The first-order chi connectivity index (χ1) is 16.8. The minimum Gasteiger partial charge on any atom is -0.379 e. The van der Waals surface area contributed by atoms with E-state index in [1.165, 1.54) is 21.7 Å². The van der Waals surface area contributed by atoms with Crippen LogP contribution in [-0.2, 0) is 9.59 Å². The number of piperazine rings is 1. The van der Waals surface area contributed by atoms with Gasteiger partial charge >= 0.3 is 0 Å². The highest BCUT2D eigenvalue weighted by Crippen LogP contribution is 2.27. The molecule has 0 unspecified atom stereocenters. The van der Waals surface area contributed by atoms with Crippen molar-refractivity contribution in [2.45, 2.75) is 52.6 Å². The lowest BCUT2D eigenvalue weighted by Gasteiger charge is -2.37. The predicted octanol–water partition coefficient (Wildman–Crippen LogP) is 3.21. The van der Waals surface area contributed by atoms with E-state index in [0.717, 1.165) is 31.6 Å². The summed E-state index contributed by atoms with van der Waals surface area (Å²) in [4.78, 5) is 31.4. The summed E-state index contributed by atoms with van der Waals surface area (Å²) in [6.45, 7) is 9.78. The van der Waals surface area contributed by atoms with E-state index in [2.05, 4.69) is 42.3 Å². The highest BCUT2D eigenvalue weighted by Gasteiger charge is 2.33. The second kappa shape index (κ2) is 10.8. The third-order valence-corrected chi connectivity index (χ3v) is 7.89. The number of piperidine rings is 1. The fraction of sp³-hybridized carbons (Fsp3) is 0.593. The molecule has 2 atom stereocenters. The van der Waals surface area contributed by atoms with Gasteiger partial charge in [-0.05, 0) is 62.6 Å². The summed E-state index contributed by atoms with van der Waals surface area (Å²) >= 11 is 0. The number of halogens is 1. The number of alkyl halides is 1. The van der Waals surface area contributed by atoms with Crippen LogP contribution in [0.2, 0.25) is 0 Å². The van der Waals surface area contributed by atoms with Crippen molar-refractivity contribution in [1.82, 2.24) is 15.1 Å². The lowest BCUT2D eigenvalue weighted by Crippen LogP contribution is -2.51. The molecule has 2 fully saturated rings. The van der Waals surface area contributed by atoms with E-state index >= 15 is 0 Å². The van der Waals surface area contributed by atoms with E-state index in [1.54, 1.807) is 0 Å². The zero-order chi connectivity index (χ0) is 25.1. The van der Waals surface area contributed by atoms with Crippen molar-refractivity contribution in [3.8, 4) is 0 Å². The Hall–Kier alpha value is -2.90. The summed E-state index contributed by atoms with van der Waals surface area (Å²) in [5.41, 5.74) is 5.23. The monoisotopic (exact) mass is 483 g/mol. The van der Waals surface area contributed by atoms with Crippen LogP contribution in [0.3, 0.4) is 0 Å². The van der Waals surface area contributed by atoms with Gasteiger partial charge in [-0.15, -0.1) is 0 Å². The Morgan fingerprint density at radius 2 is 1.83 bits per heavy atom. The lowest BCUT2D eigenvalue weighted by atomic mass is 9.96. The number of hydrogen-bond donors (Lipinski definition) is 2. The number of anilines is 1. The average molecular weight is 484 g/mol. The van der Waals surface area contributed by atoms with Crippen LogP contribution in [0.25, 0.3) is 0 Å². The SMILES string of the molecule is Cc1cccc(N2CCN(C(=O)CNC3=C(C(=N)C(=O)N4CC[C@@H](C)[C@H](F)C4)CCC3)CC2)c1C. The van der Waals surface area contributed by atoms with Crippen molar-refractivity contribution in [3.05, 3.63) is 40.6 Å². The fourth-order valence-corrected chi connectivity index (χ4v) is 5.28.